The first-order valence-electron chi connectivity index (χ1n) is 3.63. The molecule has 0 N–H and O–H groups in total. The number of hydrogen-bond acceptors (Lipinski definition) is 2. The van der Waals surface area contributed by atoms with Crippen molar-refractivity contribution in [2.45, 2.75) is 6.92 Å². The minimum atomic E-state index is -0.618. The second-order valence-corrected chi connectivity index (χ2v) is 2.62. The maximum absolute atomic E-state index is 13.0. The predicted octanol–water partition coefficient (Wildman–Crippen LogP) is 2.69. The summed E-state index contributed by atoms with van der Waals surface area (Å²) in [5.41, 5.74) is 0.507. The van der Waals surface area contributed by atoms with Crippen molar-refractivity contribution in [1.29, 1.82) is 0 Å². The molecule has 0 unspecified atom stereocenters. The zero-order valence-electron chi connectivity index (χ0n) is 7.08. The van der Waals surface area contributed by atoms with Crippen molar-refractivity contribution in [3.05, 3.63) is 45.8 Å². The third-order valence-corrected chi connectivity index (χ3v) is 1.73. The van der Waals surface area contributed by atoms with E-state index in [0.717, 1.165) is 6.07 Å². The molecule has 0 saturated heterocycles. The van der Waals surface area contributed by atoms with Gasteiger partial charge in [0.05, 0.1) is 11.0 Å². The maximum Gasteiger partial charge on any atom is 0.275 e. The second kappa shape index (κ2) is 3.35. The molecule has 1 rings (SSSR count). The van der Waals surface area contributed by atoms with Crippen LogP contribution in [-0.4, -0.2) is 4.92 Å². The monoisotopic (exact) mass is 181 g/mol. The predicted molar refractivity (Wildman–Crippen MR) is 47.9 cm³/mol. The lowest BCUT2D eigenvalue weighted by Gasteiger charge is -2.00. The number of hydrogen-bond donors (Lipinski definition) is 0. The van der Waals surface area contributed by atoms with Gasteiger partial charge in [0.15, 0.2) is 0 Å². The van der Waals surface area contributed by atoms with Crippen LogP contribution in [0, 0.1) is 22.9 Å². The van der Waals surface area contributed by atoms with Gasteiger partial charge < -0.3 is 0 Å². The van der Waals surface area contributed by atoms with E-state index in [4.69, 9.17) is 0 Å². The van der Waals surface area contributed by atoms with Crippen molar-refractivity contribution >= 4 is 11.8 Å². The molecule has 68 valence electrons. The standard InChI is InChI=1S/C9H8FNO2/c1-3-7-4-6(2)9(11(12)13)5-8(7)10/h3-5H,1H2,2H3. The molecule has 0 amide bonds. The first-order chi connectivity index (χ1) is 6.06. The Morgan fingerprint density at radius 1 is 1.62 bits per heavy atom. The highest BCUT2D eigenvalue weighted by Crippen LogP contribution is 2.22. The SMILES string of the molecule is C=Cc1cc(C)c([N+](=O)[O-])cc1F. The van der Waals surface area contributed by atoms with Crippen LogP contribution in [0.2, 0.25) is 0 Å². The maximum atomic E-state index is 13.0. The minimum Gasteiger partial charge on any atom is -0.258 e. The molecule has 1 aromatic rings. The molecule has 0 bridgehead atoms. The highest BCUT2D eigenvalue weighted by Gasteiger charge is 2.13. The average Bonchev–Trinajstić information content (AvgIpc) is 2.07. The summed E-state index contributed by atoms with van der Waals surface area (Å²) in [4.78, 5) is 9.78. The molecule has 0 aliphatic heterocycles. The van der Waals surface area contributed by atoms with Gasteiger partial charge in [0.1, 0.15) is 5.82 Å². The smallest absolute Gasteiger partial charge is 0.258 e. The van der Waals surface area contributed by atoms with E-state index >= 15 is 0 Å². The van der Waals surface area contributed by atoms with Crippen LogP contribution in [0.25, 0.3) is 6.08 Å². The fraction of sp³-hybridized carbons (Fsp3) is 0.111. The highest BCUT2D eigenvalue weighted by molar-refractivity contribution is 5.54. The Hall–Kier alpha value is -1.71. The molecule has 0 heterocycles. The molecule has 0 radical (unpaired) electrons. The Labute approximate surface area is 74.7 Å². The van der Waals surface area contributed by atoms with Crippen LogP contribution < -0.4 is 0 Å². The molecule has 3 nitrogen and oxygen atoms in total. The van der Waals surface area contributed by atoms with Crippen molar-refractivity contribution in [3.8, 4) is 0 Å². The first kappa shape index (κ1) is 9.38. The van der Waals surface area contributed by atoms with Crippen LogP contribution in [0.3, 0.4) is 0 Å². The van der Waals surface area contributed by atoms with E-state index in [2.05, 4.69) is 6.58 Å². The second-order valence-electron chi connectivity index (χ2n) is 2.62. The van der Waals surface area contributed by atoms with Gasteiger partial charge in [0.25, 0.3) is 5.69 Å². The molecule has 4 heteroatoms. The van der Waals surface area contributed by atoms with Gasteiger partial charge >= 0.3 is 0 Å². The lowest BCUT2D eigenvalue weighted by atomic mass is 10.1. The van der Waals surface area contributed by atoms with Gasteiger partial charge in [-0.2, -0.15) is 0 Å². The van der Waals surface area contributed by atoms with Gasteiger partial charge in [-0.15, -0.1) is 0 Å². The molecular weight excluding hydrogens is 173 g/mol. The number of halogens is 1. The third kappa shape index (κ3) is 1.72. The molecule has 0 aromatic heterocycles. The summed E-state index contributed by atoms with van der Waals surface area (Å²) in [5, 5.41) is 10.4. The zero-order chi connectivity index (χ0) is 10.0. The summed E-state index contributed by atoms with van der Waals surface area (Å²) in [6, 6.07) is 2.31. The molecule has 0 fully saturated rings. The van der Waals surface area contributed by atoms with Crippen molar-refractivity contribution in [3.63, 3.8) is 0 Å². The number of nitro groups is 1. The van der Waals surface area contributed by atoms with Crippen molar-refractivity contribution < 1.29 is 9.31 Å². The Morgan fingerprint density at radius 3 is 2.69 bits per heavy atom. The summed E-state index contributed by atoms with van der Waals surface area (Å²) < 4.78 is 13.0. The molecule has 0 aliphatic rings. The van der Waals surface area contributed by atoms with Crippen LogP contribution >= 0.6 is 0 Å². The van der Waals surface area contributed by atoms with Gasteiger partial charge in [-0.05, 0) is 13.0 Å². The molecular formula is C9H8FNO2. The van der Waals surface area contributed by atoms with Crippen LogP contribution in [0.1, 0.15) is 11.1 Å². The van der Waals surface area contributed by atoms with Crippen LogP contribution in [0.5, 0.6) is 0 Å². The van der Waals surface area contributed by atoms with Gasteiger partial charge in [-0.1, -0.05) is 12.7 Å². The number of rotatable bonds is 2. The van der Waals surface area contributed by atoms with E-state index in [-0.39, 0.29) is 11.3 Å². The summed E-state index contributed by atoms with van der Waals surface area (Å²) in [7, 11) is 0. The van der Waals surface area contributed by atoms with Crippen molar-refractivity contribution in [1.82, 2.24) is 0 Å². The number of nitro benzene ring substituents is 1. The van der Waals surface area contributed by atoms with E-state index < -0.39 is 10.7 Å². The van der Waals surface area contributed by atoms with Gasteiger partial charge in [0.2, 0.25) is 0 Å². The highest BCUT2D eigenvalue weighted by atomic mass is 19.1. The number of aryl methyl sites for hydroxylation is 1. The van der Waals surface area contributed by atoms with E-state index in [1.807, 2.05) is 0 Å². The zero-order valence-corrected chi connectivity index (χ0v) is 7.08. The topological polar surface area (TPSA) is 43.1 Å². The van der Waals surface area contributed by atoms with Crippen molar-refractivity contribution in [2.24, 2.45) is 0 Å². The third-order valence-electron chi connectivity index (χ3n) is 1.73. The number of nitrogens with zero attached hydrogens (tertiary/aromatic N) is 1. The molecule has 0 saturated carbocycles. The summed E-state index contributed by atoms with van der Waals surface area (Å²) in [5.74, 6) is -0.618. The van der Waals surface area contributed by atoms with E-state index in [9.17, 15) is 14.5 Å². The summed E-state index contributed by atoms with van der Waals surface area (Å²) >= 11 is 0. The largest absolute Gasteiger partial charge is 0.275 e. The lowest BCUT2D eigenvalue weighted by Crippen LogP contribution is -1.94. The van der Waals surface area contributed by atoms with Gasteiger partial charge in [-0.25, -0.2) is 4.39 Å². The Bertz CT molecular complexity index is 374. The molecule has 0 atom stereocenters. The molecule has 0 spiro atoms. The summed E-state index contributed by atoms with van der Waals surface area (Å²) in [6.45, 7) is 4.96. The van der Waals surface area contributed by atoms with E-state index in [1.165, 1.54) is 12.1 Å². The van der Waals surface area contributed by atoms with Crippen LogP contribution in [-0.2, 0) is 0 Å². The van der Waals surface area contributed by atoms with Crippen LogP contribution in [0.4, 0.5) is 10.1 Å². The fourth-order valence-electron chi connectivity index (χ4n) is 1.05. The van der Waals surface area contributed by atoms with Gasteiger partial charge in [-0.3, -0.25) is 10.1 Å². The Kier molecular flexibility index (Phi) is 2.41. The lowest BCUT2D eigenvalue weighted by molar-refractivity contribution is -0.385. The van der Waals surface area contributed by atoms with Crippen molar-refractivity contribution in [2.75, 3.05) is 0 Å². The quantitative estimate of drug-likeness (QED) is 0.520. The normalized spacial score (nSPS) is 9.69. The Balaban J connectivity index is 3.36. The van der Waals surface area contributed by atoms with E-state index in [1.54, 1.807) is 6.92 Å². The summed E-state index contributed by atoms with van der Waals surface area (Å²) in [6.07, 6.45) is 1.33. The van der Waals surface area contributed by atoms with Gasteiger partial charge in [0, 0.05) is 11.1 Å². The molecule has 13 heavy (non-hydrogen) atoms. The average molecular weight is 181 g/mol. The minimum absolute atomic E-state index is 0.205. The molecule has 0 aliphatic carbocycles. The molecule has 1 aromatic carbocycles. The number of benzene rings is 1. The Morgan fingerprint density at radius 2 is 2.23 bits per heavy atom. The van der Waals surface area contributed by atoms with E-state index in [0.29, 0.717) is 5.56 Å². The fourth-order valence-corrected chi connectivity index (χ4v) is 1.05. The first-order valence-corrected chi connectivity index (χ1v) is 3.63. The van der Waals surface area contributed by atoms with Crippen LogP contribution in [0.15, 0.2) is 18.7 Å².